The van der Waals surface area contributed by atoms with Gasteiger partial charge in [-0.3, -0.25) is 4.99 Å². The van der Waals surface area contributed by atoms with Crippen LogP contribution in [0.2, 0.25) is 0 Å². The van der Waals surface area contributed by atoms with Crippen molar-refractivity contribution in [1.29, 1.82) is 0 Å². The normalized spacial score (nSPS) is 25.1. The number of para-hydroxylation sites is 1. The third-order valence-electron chi connectivity index (χ3n) is 6.10. The zero-order chi connectivity index (χ0) is 19.6. The van der Waals surface area contributed by atoms with Crippen molar-refractivity contribution in [2.45, 2.75) is 50.2 Å². The van der Waals surface area contributed by atoms with Gasteiger partial charge >= 0.3 is 0 Å². The summed E-state index contributed by atoms with van der Waals surface area (Å²) >= 11 is 0. The number of sulfonamides is 1. The third kappa shape index (κ3) is 4.99. The summed E-state index contributed by atoms with van der Waals surface area (Å²) in [7, 11) is -1.31. The third-order valence-corrected chi connectivity index (χ3v) is 8.06. The average molecular weight is 534 g/mol. The first kappa shape index (κ1) is 22.6. The number of hydrogen-bond acceptors (Lipinski definition) is 4. The van der Waals surface area contributed by atoms with Gasteiger partial charge in [0.1, 0.15) is 11.4 Å². The maximum Gasteiger partial charge on any atom is 0.214 e. The van der Waals surface area contributed by atoms with Gasteiger partial charge in [-0.1, -0.05) is 18.2 Å². The van der Waals surface area contributed by atoms with Crippen LogP contribution in [0.4, 0.5) is 0 Å². The molecule has 162 valence electrons. The fourth-order valence-electron chi connectivity index (χ4n) is 4.67. The molecule has 1 saturated carbocycles. The van der Waals surface area contributed by atoms with Crippen LogP contribution in [0.15, 0.2) is 29.3 Å². The number of guanidine groups is 1. The van der Waals surface area contributed by atoms with Gasteiger partial charge in [0.2, 0.25) is 10.0 Å². The lowest BCUT2D eigenvalue weighted by atomic mass is 9.86. The Morgan fingerprint density at radius 1 is 1.28 bits per heavy atom. The Hall–Kier alpha value is -1.07. The Balaban J connectivity index is 0.00000240. The lowest BCUT2D eigenvalue weighted by Gasteiger charge is -2.40. The van der Waals surface area contributed by atoms with Crippen molar-refractivity contribution in [3.8, 4) is 5.75 Å². The quantitative estimate of drug-likeness (QED) is 0.353. The van der Waals surface area contributed by atoms with Crippen LogP contribution in [0.3, 0.4) is 0 Å². The van der Waals surface area contributed by atoms with Gasteiger partial charge in [0.05, 0.1) is 11.8 Å². The van der Waals surface area contributed by atoms with E-state index < -0.39 is 10.0 Å². The van der Waals surface area contributed by atoms with E-state index >= 15 is 0 Å². The summed E-state index contributed by atoms with van der Waals surface area (Å²) in [6, 6.07) is 8.35. The SMILES string of the molecule is CN=C(NCCN1CCCS1(=O)=O)NC1CC2(CCCC2)Oc2ccccc21.I. The lowest BCUT2D eigenvalue weighted by molar-refractivity contribution is 0.0396. The zero-order valence-corrected chi connectivity index (χ0v) is 20.0. The maximum absolute atomic E-state index is 11.9. The predicted molar refractivity (Wildman–Crippen MR) is 126 cm³/mol. The Morgan fingerprint density at radius 2 is 2.03 bits per heavy atom. The molecule has 29 heavy (non-hydrogen) atoms. The standard InChI is InChI=1S/C20H30N4O3S.HI/c1-21-19(22-11-13-24-12-6-14-28(24,25)26)23-17-15-20(9-4-5-10-20)27-18-8-3-2-7-16(17)18;/h2-3,7-8,17H,4-6,9-15H2,1H3,(H2,21,22,23);1H. The molecule has 4 rings (SSSR count). The van der Waals surface area contributed by atoms with Crippen LogP contribution >= 0.6 is 24.0 Å². The molecule has 0 aromatic heterocycles. The monoisotopic (exact) mass is 534 g/mol. The van der Waals surface area contributed by atoms with Crippen LogP contribution in [-0.4, -0.2) is 56.7 Å². The second kappa shape index (κ2) is 9.38. The Bertz CT molecular complexity index is 840. The van der Waals surface area contributed by atoms with E-state index in [1.807, 2.05) is 12.1 Å². The molecule has 7 nitrogen and oxygen atoms in total. The molecule has 1 aromatic rings. The molecule has 2 aliphatic heterocycles. The number of hydrogen-bond donors (Lipinski definition) is 2. The van der Waals surface area contributed by atoms with Gasteiger partial charge in [0.15, 0.2) is 5.96 Å². The summed E-state index contributed by atoms with van der Waals surface area (Å²) in [6.07, 6.45) is 6.26. The molecule has 0 radical (unpaired) electrons. The molecule has 1 unspecified atom stereocenters. The van der Waals surface area contributed by atoms with Crippen LogP contribution < -0.4 is 15.4 Å². The van der Waals surface area contributed by atoms with Crippen molar-refractivity contribution >= 4 is 40.0 Å². The first-order valence-electron chi connectivity index (χ1n) is 10.2. The van der Waals surface area contributed by atoms with Crippen LogP contribution in [0.25, 0.3) is 0 Å². The molecule has 1 aliphatic carbocycles. The number of nitrogens with one attached hydrogen (secondary N) is 2. The number of nitrogens with zero attached hydrogens (tertiary/aromatic N) is 2. The molecular formula is C20H31IN4O3S. The molecule has 1 atom stereocenters. The fraction of sp³-hybridized carbons (Fsp3) is 0.650. The molecule has 1 aromatic carbocycles. The number of rotatable bonds is 4. The van der Waals surface area contributed by atoms with Crippen molar-refractivity contribution in [2.24, 2.45) is 4.99 Å². The Labute approximate surface area is 190 Å². The highest BCUT2D eigenvalue weighted by atomic mass is 127. The first-order chi connectivity index (χ1) is 13.5. The van der Waals surface area contributed by atoms with E-state index in [2.05, 4.69) is 27.8 Å². The topological polar surface area (TPSA) is 83.0 Å². The summed E-state index contributed by atoms with van der Waals surface area (Å²) in [6.45, 7) is 1.62. The van der Waals surface area contributed by atoms with Crippen molar-refractivity contribution < 1.29 is 13.2 Å². The number of halogens is 1. The summed E-state index contributed by atoms with van der Waals surface area (Å²) in [5.41, 5.74) is 1.08. The number of benzene rings is 1. The lowest BCUT2D eigenvalue weighted by Crippen LogP contribution is -2.47. The summed E-state index contributed by atoms with van der Waals surface area (Å²) in [5, 5.41) is 6.83. The Kier molecular flexibility index (Phi) is 7.32. The number of fused-ring (bicyclic) bond motifs is 1. The van der Waals surface area contributed by atoms with Crippen molar-refractivity contribution in [3.63, 3.8) is 0 Å². The van der Waals surface area contributed by atoms with Gasteiger partial charge in [0.25, 0.3) is 0 Å². The van der Waals surface area contributed by atoms with Crippen LogP contribution in [-0.2, 0) is 10.0 Å². The second-order valence-corrected chi connectivity index (χ2v) is 10.1. The van der Waals surface area contributed by atoms with E-state index in [1.165, 1.54) is 12.8 Å². The van der Waals surface area contributed by atoms with Crippen molar-refractivity contribution in [2.75, 3.05) is 32.4 Å². The number of aliphatic imine (C=N–C) groups is 1. The molecule has 9 heteroatoms. The van der Waals surface area contributed by atoms with Gasteiger partial charge in [-0.15, -0.1) is 24.0 Å². The number of ether oxygens (including phenoxy) is 1. The predicted octanol–water partition coefficient (Wildman–Crippen LogP) is 2.64. The summed E-state index contributed by atoms with van der Waals surface area (Å²) < 4.78 is 31.9. The summed E-state index contributed by atoms with van der Waals surface area (Å²) in [4.78, 5) is 4.36. The van der Waals surface area contributed by atoms with Crippen molar-refractivity contribution in [1.82, 2.24) is 14.9 Å². The minimum Gasteiger partial charge on any atom is -0.487 e. The van der Waals surface area contributed by atoms with E-state index in [-0.39, 0.29) is 41.4 Å². The second-order valence-electron chi connectivity index (χ2n) is 8.00. The maximum atomic E-state index is 11.9. The van der Waals surface area contributed by atoms with Gasteiger partial charge in [0, 0.05) is 38.7 Å². The van der Waals surface area contributed by atoms with Crippen LogP contribution in [0, 0.1) is 0 Å². The Morgan fingerprint density at radius 3 is 2.72 bits per heavy atom. The highest BCUT2D eigenvalue weighted by Crippen LogP contribution is 2.46. The van der Waals surface area contributed by atoms with Gasteiger partial charge < -0.3 is 15.4 Å². The minimum absolute atomic E-state index is 0. The molecule has 2 heterocycles. The first-order valence-corrected chi connectivity index (χ1v) is 11.9. The van der Waals surface area contributed by atoms with E-state index in [9.17, 15) is 8.42 Å². The van der Waals surface area contributed by atoms with Crippen LogP contribution in [0.5, 0.6) is 5.75 Å². The van der Waals surface area contributed by atoms with Gasteiger partial charge in [-0.2, -0.15) is 0 Å². The minimum atomic E-state index is -3.06. The van der Waals surface area contributed by atoms with E-state index in [0.717, 1.165) is 37.0 Å². The molecule has 1 saturated heterocycles. The fourth-order valence-corrected chi connectivity index (χ4v) is 6.20. The molecule has 0 amide bonds. The van der Waals surface area contributed by atoms with E-state index in [4.69, 9.17) is 4.74 Å². The van der Waals surface area contributed by atoms with Crippen LogP contribution in [0.1, 0.15) is 50.1 Å². The highest BCUT2D eigenvalue weighted by molar-refractivity contribution is 14.0. The van der Waals surface area contributed by atoms with Gasteiger partial charge in [-0.25, -0.2) is 12.7 Å². The smallest absolute Gasteiger partial charge is 0.214 e. The zero-order valence-electron chi connectivity index (χ0n) is 16.9. The van der Waals surface area contributed by atoms with Crippen molar-refractivity contribution in [3.05, 3.63) is 29.8 Å². The molecule has 1 spiro atoms. The largest absolute Gasteiger partial charge is 0.487 e. The molecular weight excluding hydrogens is 503 g/mol. The van der Waals surface area contributed by atoms with Gasteiger partial charge in [-0.05, 0) is 38.2 Å². The molecule has 3 aliphatic rings. The molecule has 2 fully saturated rings. The molecule has 0 bridgehead atoms. The van der Waals surface area contributed by atoms with E-state index in [1.54, 1.807) is 11.4 Å². The highest BCUT2D eigenvalue weighted by Gasteiger charge is 2.43. The molecule has 2 N–H and O–H groups in total. The summed E-state index contributed by atoms with van der Waals surface area (Å²) in [5.74, 6) is 1.93. The average Bonchev–Trinajstić information content (AvgIpc) is 3.26. The van der Waals surface area contributed by atoms with E-state index in [0.29, 0.717) is 25.6 Å².